The van der Waals surface area contributed by atoms with Gasteiger partial charge in [-0.25, -0.2) is 0 Å². The van der Waals surface area contributed by atoms with E-state index >= 15 is 0 Å². The lowest BCUT2D eigenvalue weighted by molar-refractivity contribution is 0.0942. The van der Waals surface area contributed by atoms with Crippen LogP contribution in [0.15, 0.2) is 35.3 Å². The van der Waals surface area contributed by atoms with Gasteiger partial charge in [-0.1, -0.05) is 20.8 Å². The van der Waals surface area contributed by atoms with Crippen molar-refractivity contribution in [1.82, 2.24) is 20.1 Å². The second kappa shape index (κ2) is 6.90. The van der Waals surface area contributed by atoms with Crippen molar-refractivity contribution in [1.29, 1.82) is 0 Å². The van der Waals surface area contributed by atoms with E-state index in [0.29, 0.717) is 12.5 Å². The number of carbonyl (C=O) groups is 1. The molecule has 3 rings (SSSR count). The minimum Gasteiger partial charge on any atom is -0.354 e. The first-order valence-corrected chi connectivity index (χ1v) is 8.78. The second-order valence-electron chi connectivity index (χ2n) is 7.85. The largest absolute Gasteiger partial charge is 0.354 e. The third kappa shape index (κ3) is 3.76. The topological polar surface area (TPSA) is 80.1 Å². The number of carbonyl (C=O) groups excluding carboxylic acids is 1. The molecule has 0 radical (unpaired) electrons. The summed E-state index contributed by atoms with van der Waals surface area (Å²) in [6.07, 6.45) is 1.63. The van der Waals surface area contributed by atoms with Gasteiger partial charge in [0.25, 0.3) is 11.5 Å². The van der Waals surface area contributed by atoms with Gasteiger partial charge in [0.05, 0.1) is 5.69 Å². The average Bonchev–Trinajstić information content (AvgIpc) is 2.55. The summed E-state index contributed by atoms with van der Waals surface area (Å²) in [7, 11) is 1.63. The standard InChI is InChI=1S/C19H25N5O2/c1-19(2,3)15-7-8-16(22-21-15)24-11-13(12-24)10-20-17(25)14-6-5-9-23(4)18(14)26/h5-9,13H,10-12H2,1-4H3,(H,20,25). The van der Waals surface area contributed by atoms with Crippen molar-refractivity contribution in [2.24, 2.45) is 13.0 Å². The van der Waals surface area contributed by atoms with Crippen LogP contribution in [0.25, 0.3) is 0 Å². The third-order valence-electron chi connectivity index (χ3n) is 4.62. The second-order valence-corrected chi connectivity index (χ2v) is 7.85. The number of nitrogens with zero attached hydrogens (tertiary/aromatic N) is 4. The first-order valence-electron chi connectivity index (χ1n) is 8.78. The molecular weight excluding hydrogens is 330 g/mol. The van der Waals surface area contributed by atoms with E-state index in [1.54, 1.807) is 25.4 Å². The minimum absolute atomic E-state index is 0.0121. The maximum atomic E-state index is 12.2. The Bertz CT molecular complexity index is 845. The van der Waals surface area contributed by atoms with Gasteiger partial charge in [0.2, 0.25) is 0 Å². The molecule has 2 aromatic heterocycles. The summed E-state index contributed by atoms with van der Waals surface area (Å²) in [5.41, 5.74) is 0.848. The van der Waals surface area contributed by atoms with Gasteiger partial charge in [-0.05, 0) is 24.3 Å². The number of aryl methyl sites for hydroxylation is 1. The van der Waals surface area contributed by atoms with Gasteiger partial charge in [-0.15, -0.1) is 5.10 Å². The highest BCUT2D eigenvalue weighted by Gasteiger charge is 2.29. The molecular formula is C19H25N5O2. The molecule has 7 nitrogen and oxygen atoms in total. The third-order valence-corrected chi connectivity index (χ3v) is 4.62. The lowest BCUT2D eigenvalue weighted by Gasteiger charge is -2.40. The van der Waals surface area contributed by atoms with E-state index in [1.165, 1.54) is 4.57 Å². The molecule has 2 aromatic rings. The summed E-state index contributed by atoms with van der Waals surface area (Å²) in [5.74, 6) is 0.882. The van der Waals surface area contributed by atoms with Crippen LogP contribution in [0.5, 0.6) is 0 Å². The summed E-state index contributed by atoms with van der Waals surface area (Å²) in [6, 6.07) is 7.26. The molecule has 1 amide bonds. The molecule has 3 heterocycles. The van der Waals surface area contributed by atoms with Crippen molar-refractivity contribution in [3.8, 4) is 0 Å². The summed E-state index contributed by atoms with van der Waals surface area (Å²) in [4.78, 5) is 26.3. The number of aromatic nitrogens is 3. The minimum atomic E-state index is -0.320. The van der Waals surface area contributed by atoms with Gasteiger partial charge in [0, 0.05) is 44.2 Å². The van der Waals surface area contributed by atoms with E-state index in [1.807, 2.05) is 12.1 Å². The molecule has 1 aliphatic rings. The Morgan fingerprint density at radius 1 is 1.23 bits per heavy atom. The Balaban J connectivity index is 1.51. The summed E-state index contributed by atoms with van der Waals surface area (Å²) >= 11 is 0. The first kappa shape index (κ1) is 18.1. The molecule has 0 aromatic carbocycles. The normalized spacial score (nSPS) is 14.8. The number of hydrogen-bond acceptors (Lipinski definition) is 5. The number of amides is 1. The van der Waals surface area contributed by atoms with Crippen molar-refractivity contribution < 1.29 is 4.79 Å². The summed E-state index contributed by atoms with van der Waals surface area (Å²) in [6.45, 7) is 8.51. The Hall–Kier alpha value is -2.70. The van der Waals surface area contributed by atoms with E-state index in [0.717, 1.165) is 24.6 Å². The van der Waals surface area contributed by atoms with Crippen molar-refractivity contribution in [3.05, 3.63) is 52.1 Å². The first-order chi connectivity index (χ1) is 12.3. The highest BCUT2D eigenvalue weighted by Crippen LogP contribution is 2.24. The Morgan fingerprint density at radius 3 is 2.58 bits per heavy atom. The number of hydrogen-bond donors (Lipinski definition) is 1. The molecule has 26 heavy (non-hydrogen) atoms. The fourth-order valence-corrected chi connectivity index (χ4v) is 2.88. The van der Waals surface area contributed by atoms with Crippen molar-refractivity contribution >= 4 is 11.7 Å². The van der Waals surface area contributed by atoms with Crippen molar-refractivity contribution in [2.75, 3.05) is 24.5 Å². The summed E-state index contributed by atoms with van der Waals surface area (Å²) in [5, 5.41) is 11.5. The predicted molar refractivity (Wildman–Crippen MR) is 100 cm³/mol. The van der Waals surface area contributed by atoms with E-state index in [9.17, 15) is 9.59 Å². The maximum absolute atomic E-state index is 12.2. The Labute approximate surface area is 153 Å². The van der Waals surface area contributed by atoms with Crippen molar-refractivity contribution in [3.63, 3.8) is 0 Å². The number of nitrogens with one attached hydrogen (secondary N) is 1. The van der Waals surface area contributed by atoms with Crippen LogP contribution in [-0.4, -0.2) is 40.3 Å². The van der Waals surface area contributed by atoms with Crippen LogP contribution in [0.4, 0.5) is 5.82 Å². The smallest absolute Gasteiger partial charge is 0.263 e. The van der Waals surface area contributed by atoms with Crippen LogP contribution in [-0.2, 0) is 12.5 Å². The molecule has 0 aliphatic carbocycles. The van der Waals surface area contributed by atoms with Gasteiger partial charge in [-0.2, -0.15) is 5.10 Å². The molecule has 0 bridgehead atoms. The van der Waals surface area contributed by atoms with Crippen LogP contribution >= 0.6 is 0 Å². The van der Waals surface area contributed by atoms with Gasteiger partial charge in [0.1, 0.15) is 5.56 Å². The van der Waals surface area contributed by atoms with Gasteiger partial charge < -0.3 is 14.8 Å². The molecule has 1 N–H and O–H groups in total. The fourth-order valence-electron chi connectivity index (χ4n) is 2.88. The monoisotopic (exact) mass is 355 g/mol. The Kier molecular flexibility index (Phi) is 4.80. The van der Waals surface area contributed by atoms with E-state index in [4.69, 9.17) is 0 Å². The van der Waals surface area contributed by atoms with Crippen LogP contribution in [0.2, 0.25) is 0 Å². The van der Waals surface area contributed by atoms with E-state index < -0.39 is 0 Å². The van der Waals surface area contributed by atoms with Crippen LogP contribution < -0.4 is 15.8 Å². The molecule has 0 saturated carbocycles. The quantitative estimate of drug-likeness (QED) is 0.895. The zero-order valence-electron chi connectivity index (χ0n) is 15.7. The van der Waals surface area contributed by atoms with Gasteiger partial charge >= 0.3 is 0 Å². The van der Waals surface area contributed by atoms with Gasteiger partial charge in [-0.3, -0.25) is 9.59 Å². The number of pyridine rings is 1. The number of anilines is 1. The molecule has 1 fully saturated rings. The zero-order valence-corrected chi connectivity index (χ0v) is 15.7. The van der Waals surface area contributed by atoms with Gasteiger partial charge in [0.15, 0.2) is 5.82 Å². The molecule has 1 aliphatic heterocycles. The number of rotatable bonds is 4. The van der Waals surface area contributed by atoms with E-state index in [2.05, 4.69) is 41.2 Å². The Morgan fingerprint density at radius 2 is 1.96 bits per heavy atom. The highest BCUT2D eigenvalue weighted by atomic mass is 16.2. The average molecular weight is 355 g/mol. The molecule has 7 heteroatoms. The summed E-state index contributed by atoms with van der Waals surface area (Å²) < 4.78 is 1.40. The predicted octanol–water partition coefficient (Wildman–Crippen LogP) is 1.34. The molecule has 138 valence electrons. The van der Waals surface area contributed by atoms with Crippen LogP contribution in [0.3, 0.4) is 0 Å². The maximum Gasteiger partial charge on any atom is 0.263 e. The zero-order chi connectivity index (χ0) is 18.9. The van der Waals surface area contributed by atoms with Crippen LogP contribution in [0.1, 0.15) is 36.8 Å². The molecule has 0 unspecified atom stereocenters. The molecule has 0 atom stereocenters. The van der Waals surface area contributed by atoms with Crippen LogP contribution in [0, 0.1) is 5.92 Å². The highest BCUT2D eigenvalue weighted by molar-refractivity contribution is 5.93. The SMILES string of the molecule is Cn1cccc(C(=O)NCC2CN(c3ccc(C(C)(C)C)nn3)C2)c1=O. The fraction of sp³-hybridized carbons (Fsp3) is 0.474. The molecule has 1 saturated heterocycles. The lowest BCUT2D eigenvalue weighted by Crippen LogP contribution is -2.52. The molecule has 0 spiro atoms. The van der Waals surface area contributed by atoms with E-state index in [-0.39, 0.29) is 22.4 Å². The lowest BCUT2D eigenvalue weighted by atomic mass is 9.92. The van der Waals surface area contributed by atoms with Crippen molar-refractivity contribution in [2.45, 2.75) is 26.2 Å².